The summed E-state index contributed by atoms with van der Waals surface area (Å²) in [6.45, 7) is 9.11. The van der Waals surface area contributed by atoms with Crippen LogP contribution in [0, 0.1) is 0 Å². The van der Waals surface area contributed by atoms with Crippen molar-refractivity contribution in [3.8, 4) is 5.75 Å². The second-order valence-electron chi connectivity index (χ2n) is 6.10. The van der Waals surface area contributed by atoms with Crippen LogP contribution in [0.5, 0.6) is 5.75 Å². The summed E-state index contributed by atoms with van der Waals surface area (Å²) in [6, 6.07) is 8.87. The van der Waals surface area contributed by atoms with Crippen molar-refractivity contribution in [1.82, 2.24) is 15.5 Å². The lowest BCUT2D eigenvalue weighted by Crippen LogP contribution is -2.45. The quantitative estimate of drug-likeness (QED) is 0.566. The van der Waals surface area contributed by atoms with E-state index in [-0.39, 0.29) is 0 Å². The van der Waals surface area contributed by atoms with Crippen LogP contribution in [-0.4, -0.2) is 56.7 Å². The highest BCUT2D eigenvalue weighted by molar-refractivity contribution is 5.79. The Balaban J connectivity index is 1.76. The van der Waals surface area contributed by atoms with E-state index >= 15 is 0 Å². The van der Waals surface area contributed by atoms with Crippen LogP contribution >= 0.6 is 0 Å². The molecule has 5 nitrogen and oxygen atoms in total. The third-order valence-corrected chi connectivity index (χ3v) is 4.59. The Hall–Kier alpha value is -1.75. The second kappa shape index (κ2) is 10.2. The van der Waals surface area contributed by atoms with Crippen molar-refractivity contribution in [3.63, 3.8) is 0 Å². The zero-order chi connectivity index (χ0) is 17.2. The molecule has 1 aliphatic heterocycles. The first-order chi connectivity index (χ1) is 11.8. The number of guanidine groups is 1. The Morgan fingerprint density at radius 2 is 2.12 bits per heavy atom. The zero-order valence-corrected chi connectivity index (χ0v) is 15.3. The van der Waals surface area contributed by atoms with Gasteiger partial charge in [-0.15, -0.1) is 0 Å². The van der Waals surface area contributed by atoms with Crippen LogP contribution in [0.25, 0.3) is 0 Å². The largest absolute Gasteiger partial charge is 0.494 e. The number of rotatable bonds is 8. The number of likely N-dealkylation sites (tertiary alicyclic amines) is 1. The van der Waals surface area contributed by atoms with Gasteiger partial charge in [-0.05, 0) is 50.9 Å². The van der Waals surface area contributed by atoms with Crippen LogP contribution in [0.1, 0.15) is 32.3 Å². The maximum absolute atomic E-state index is 5.68. The smallest absolute Gasteiger partial charge is 0.191 e. The number of likely N-dealkylation sites (N-methyl/N-ethyl adjacent to an activating group) is 1. The fourth-order valence-electron chi connectivity index (χ4n) is 3.30. The van der Waals surface area contributed by atoms with E-state index in [1.807, 2.05) is 26.1 Å². The summed E-state index contributed by atoms with van der Waals surface area (Å²) in [7, 11) is 1.83. The highest BCUT2D eigenvalue weighted by Crippen LogP contribution is 2.18. The third-order valence-electron chi connectivity index (χ3n) is 4.59. The summed E-state index contributed by atoms with van der Waals surface area (Å²) in [6.07, 6.45) is 3.50. The minimum Gasteiger partial charge on any atom is -0.494 e. The second-order valence-corrected chi connectivity index (χ2v) is 6.10. The molecular weight excluding hydrogens is 300 g/mol. The molecule has 0 spiro atoms. The predicted molar refractivity (Wildman–Crippen MR) is 101 cm³/mol. The first-order valence-corrected chi connectivity index (χ1v) is 9.17. The lowest BCUT2D eigenvalue weighted by molar-refractivity contribution is 0.267. The summed E-state index contributed by atoms with van der Waals surface area (Å²) in [5.74, 6) is 1.86. The van der Waals surface area contributed by atoms with Crippen molar-refractivity contribution in [2.45, 2.75) is 39.2 Å². The third kappa shape index (κ3) is 5.41. The molecule has 0 aliphatic carbocycles. The number of hydrogen-bond donors (Lipinski definition) is 2. The lowest BCUT2D eigenvalue weighted by atomic mass is 10.1. The maximum atomic E-state index is 5.68. The number of aliphatic imine (C=N–C) groups is 1. The van der Waals surface area contributed by atoms with Crippen LogP contribution in [0.2, 0.25) is 0 Å². The molecule has 1 unspecified atom stereocenters. The number of para-hydroxylation sites is 1. The molecule has 1 saturated heterocycles. The molecule has 5 heteroatoms. The molecule has 0 aromatic heterocycles. The van der Waals surface area contributed by atoms with Gasteiger partial charge in [0.25, 0.3) is 0 Å². The van der Waals surface area contributed by atoms with Crippen molar-refractivity contribution in [2.24, 2.45) is 4.99 Å². The predicted octanol–water partition coefficient (Wildman–Crippen LogP) is 2.28. The first-order valence-electron chi connectivity index (χ1n) is 9.17. The molecule has 1 aromatic carbocycles. The number of benzene rings is 1. The average Bonchev–Trinajstić information content (AvgIpc) is 3.07. The molecule has 1 aromatic rings. The van der Waals surface area contributed by atoms with E-state index in [2.05, 4.69) is 39.6 Å². The van der Waals surface area contributed by atoms with Gasteiger partial charge in [-0.3, -0.25) is 9.89 Å². The molecule has 134 valence electrons. The molecule has 1 aliphatic rings. The van der Waals surface area contributed by atoms with Gasteiger partial charge in [-0.25, -0.2) is 0 Å². The lowest BCUT2D eigenvalue weighted by Gasteiger charge is -2.24. The van der Waals surface area contributed by atoms with Crippen LogP contribution in [0.4, 0.5) is 0 Å². The number of nitrogens with one attached hydrogen (secondary N) is 2. The van der Waals surface area contributed by atoms with Crippen molar-refractivity contribution in [3.05, 3.63) is 29.8 Å². The summed E-state index contributed by atoms with van der Waals surface area (Å²) < 4.78 is 5.68. The van der Waals surface area contributed by atoms with E-state index in [0.29, 0.717) is 12.6 Å². The standard InChI is InChI=1S/C19H32N4O/c1-4-23-14-8-10-17(23)15-22-19(20-3)21-13-12-16-9-6-7-11-18(16)24-5-2/h6-7,9,11,17H,4-5,8,10,12-15H2,1-3H3,(H2,20,21,22). The fraction of sp³-hybridized carbons (Fsp3) is 0.632. The van der Waals surface area contributed by atoms with E-state index in [9.17, 15) is 0 Å². The Bertz CT molecular complexity index is 518. The molecule has 2 rings (SSSR count). The number of hydrogen-bond acceptors (Lipinski definition) is 3. The Labute approximate surface area is 146 Å². The van der Waals surface area contributed by atoms with Crippen molar-refractivity contribution < 1.29 is 4.74 Å². The molecule has 24 heavy (non-hydrogen) atoms. The normalized spacial score (nSPS) is 18.6. The van der Waals surface area contributed by atoms with Gasteiger partial charge in [-0.2, -0.15) is 0 Å². The highest BCUT2D eigenvalue weighted by Gasteiger charge is 2.22. The monoisotopic (exact) mass is 332 g/mol. The van der Waals surface area contributed by atoms with Gasteiger partial charge in [0, 0.05) is 26.2 Å². The first kappa shape index (κ1) is 18.6. The summed E-state index contributed by atoms with van der Waals surface area (Å²) in [4.78, 5) is 6.87. The Kier molecular flexibility index (Phi) is 7.89. The van der Waals surface area contributed by atoms with E-state index in [4.69, 9.17) is 4.74 Å². The van der Waals surface area contributed by atoms with Crippen LogP contribution < -0.4 is 15.4 Å². The minimum atomic E-state index is 0.632. The van der Waals surface area contributed by atoms with Gasteiger partial charge in [0.1, 0.15) is 5.75 Å². The maximum Gasteiger partial charge on any atom is 0.191 e. The van der Waals surface area contributed by atoms with E-state index < -0.39 is 0 Å². The van der Waals surface area contributed by atoms with Gasteiger partial charge in [0.15, 0.2) is 5.96 Å². The van der Waals surface area contributed by atoms with E-state index in [1.165, 1.54) is 24.9 Å². The van der Waals surface area contributed by atoms with Gasteiger partial charge in [0.05, 0.1) is 6.61 Å². The van der Waals surface area contributed by atoms with Crippen LogP contribution in [0.3, 0.4) is 0 Å². The van der Waals surface area contributed by atoms with Gasteiger partial charge < -0.3 is 15.4 Å². The summed E-state index contributed by atoms with van der Waals surface area (Å²) in [5.41, 5.74) is 1.23. The van der Waals surface area contributed by atoms with Gasteiger partial charge in [-0.1, -0.05) is 25.1 Å². The molecular formula is C19H32N4O. The molecule has 0 radical (unpaired) electrons. The van der Waals surface area contributed by atoms with Crippen LogP contribution in [0.15, 0.2) is 29.3 Å². The zero-order valence-electron chi connectivity index (χ0n) is 15.3. The topological polar surface area (TPSA) is 48.9 Å². The Morgan fingerprint density at radius 3 is 2.88 bits per heavy atom. The molecule has 2 N–H and O–H groups in total. The molecule has 0 saturated carbocycles. The molecule has 1 heterocycles. The Morgan fingerprint density at radius 1 is 1.29 bits per heavy atom. The van der Waals surface area contributed by atoms with E-state index in [1.54, 1.807) is 0 Å². The minimum absolute atomic E-state index is 0.632. The van der Waals surface area contributed by atoms with Crippen molar-refractivity contribution in [1.29, 1.82) is 0 Å². The molecule has 0 amide bonds. The SMILES string of the molecule is CCOc1ccccc1CCNC(=NC)NCC1CCCN1CC. The van der Waals surface area contributed by atoms with Crippen molar-refractivity contribution in [2.75, 3.05) is 39.8 Å². The molecule has 1 fully saturated rings. The highest BCUT2D eigenvalue weighted by atomic mass is 16.5. The summed E-state index contributed by atoms with van der Waals surface area (Å²) >= 11 is 0. The molecule has 0 bridgehead atoms. The number of nitrogens with zero attached hydrogens (tertiary/aromatic N) is 2. The van der Waals surface area contributed by atoms with Crippen LogP contribution in [-0.2, 0) is 6.42 Å². The summed E-state index contributed by atoms with van der Waals surface area (Å²) in [5, 5.41) is 6.88. The fourth-order valence-corrected chi connectivity index (χ4v) is 3.30. The van der Waals surface area contributed by atoms with E-state index in [0.717, 1.165) is 37.8 Å². The number of ether oxygens (including phenoxy) is 1. The van der Waals surface area contributed by atoms with Gasteiger partial charge in [0.2, 0.25) is 0 Å². The molecule has 1 atom stereocenters. The average molecular weight is 332 g/mol. The van der Waals surface area contributed by atoms with Gasteiger partial charge >= 0.3 is 0 Å². The van der Waals surface area contributed by atoms with Crippen molar-refractivity contribution >= 4 is 5.96 Å².